The van der Waals surface area contributed by atoms with Gasteiger partial charge in [-0.3, -0.25) is 14.8 Å². The lowest BCUT2D eigenvalue weighted by atomic mass is 9.91. The zero-order chi connectivity index (χ0) is 21.1. The average molecular weight is 410 g/mol. The van der Waals surface area contributed by atoms with Crippen molar-refractivity contribution in [1.29, 1.82) is 0 Å². The summed E-state index contributed by atoms with van der Waals surface area (Å²) >= 11 is 0. The summed E-state index contributed by atoms with van der Waals surface area (Å²) in [5, 5.41) is 1.53. The molecule has 1 aliphatic rings. The van der Waals surface area contributed by atoms with E-state index in [0.717, 1.165) is 25.7 Å². The van der Waals surface area contributed by atoms with Crippen LogP contribution in [-0.2, 0) is 0 Å². The van der Waals surface area contributed by atoms with Crippen LogP contribution in [0.2, 0.25) is 0 Å². The Morgan fingerprint density at radius 3 is 2.70 bits per heavy atom. The van der Waals surface area contributed by atoms with Gasteiger partial charge >= 0.3 is 0 Å². The minimum absolute atomic E-state index is 0.0617. The number of primary amides is 1. The highest BCUT2D eigenvalue weighted by Crippen LogP contribution is 2.32. The molecule has 2 atom stereocenters. The van der Waals surface area contributed by atoms with Gasteiger partial charge in [0.05, 0.1) is 24.3 Å². The topological polar surface area (TPSA) is 123 Å². The fraction of sp³-hybridized carbons (Fsp3) is 0.286. The van der Waals surface area contributed by atoms with Crippen molar-refractivity contribution in [3.05, 3.63) is 60.7 Å². The normalized spacial score (nSPS) is 18.9. The third-order valence-corrected chi connectivity index (χ3v) is 5.31. The molecule has 30 heavy (non-hydrogen) atoms. The molecule has 0 radical (unpaired) electrons. The molecule has 3 heterocycles. The lowest BCUT2D eigenvalue weighted by Gasteiger charge is -2.35. The highest BCUT2D eigenvalue weighted by atomic mass is 19.1. The van der Waals surface area contributed by atoms with Gasteiger partial charge in [-0.05, 0) is 31.0 Å². The number of amides is 1. The maximum absolute atomic E-state index is 15.5. The van der Waals surface area contributed by atoms with Crippen LogP contribution in [0.4, 0.5) is 15.9 Å². The Labute approximate surface area is 173 Å². The van der Waals surface area contributed by atoms with Crippen LogP contribution in [0.15, 0.2) is 53.7 Å². The minimum atomic E-state index is -0.585. The van der Waals surface area contributed by atoms with E-state index in [0.29, 0.717) is 16.9 Å². The second-order valence-electron chi connectivity index (χ2n) is 7.32. The summed E-state index contributed by atoms with van der Waals surface area (Å²) in [6.45, 7) is 0. The van der Waals surface area contributed by atoms with Gasteiger partial charge in [-0.2, -0.15) is 0 Å². The molecule has 0 aromatic carbocycles. The molecule has 0 saturated heterocycles. The molecule has 2 unspecified atom stereocenters. The molecule has 3 aromatic heterocycles. The van der Waals surface area contributed by atoms with Crippen molar-refractivity contribution < 1.29 is 13.6 Å². The molecule has 1 saturated carbocycles. The second kappa shape index (κ2) is 8.60. The van der Waals surface area contributed by atoms with E-state index in [1.165, 1.54) is 36.1 Å². The summed E-state index contributed by atoms with van der Waals surface area (Å²) in [5.74, 6) is -0.676. The number of aromatic nitrogens is 2. The van der Waals surface area contributed by atoms with Gasteiger partial charge in [0, 0.05) is 35.6 Å². The van der Waals surface area contributed by atoms with Gasteiger partial charge < -0.3 is 15.9 Å². The van der Waals surface area contributed by atoms with Crippen molar-refractivity contribution in [1.82, 2.24) is 15.4 Å². The van der Waals surface area contributed by atoms with Crippen LogP contribution in [0.25, 0.3) is 11.1 Å². The Morgan fingerprint density at radius 2 is 2.03 bits per heavy atom. The number of rotatable bonds is 6. The van der Waals surface area contributed by atoms with Crippen molar-refractivity contribution in [3.63, 3.8) is 0 Å². The fourth-order valence-electron chi connectivity index (χ4n) is 3.62. The second-order valence-corrected chi connectivity index (χ2v) is 7.32. The summed E-state index contributed by atoms with van der Waals surface area (Å²) in [7, 11) is 0. The molecule has 1 aliphatic carbocycles. The molecule has 5 N–H and O–H groups in total. The van der Waals surface area contributed by atoms with E-state index in [2.05, 4.69) is 15.4 Å². The first-order chi connectivity index (χ1) is 14.5. The van der Waals surface area contributed by atoms with Crippen LogP contribution in [-0.4, -0.2) is 28.0 Å². The van der Waals surface area contributed by atoms with Gasteiger partial charge in [0.25, 0.3) is 0 Å². The summed E-state index contributed by atoms with van der Waals surface area (Å²) in [4.78, 5) is 19.9. The van der Waals surface area contributed by atoms with E-state index in [4.69, 9.17) is 15.9 Å². The largest absolute Gasteiger partial charge is 0.472 e. The zero-order valence-corrected chi connectivity index (χ0v) is 16.3. The van der Waals surface area contributed by atoms with Gasteiger partial charge in [-0.1, -0.05) is 12.8 Å². The van der Waals surface area contributed by atoms with Gasteiger partial charge in [0.15, 0.2) is 5.82 Å². The molecule has 1 amide bonds. The maximum Gasteiger partial charge on any atom is 0.250 e. The first-order valence-corrected chi connectivity index (χ1v) is 9.78. The Morgan fingerprint density at radius 1 is 1.20 bits per heavy atom. The molecule has 0 bridgehead atoms. The molecular weight excluding hydrogens is 387 g/mol. The molecule has 1 fully saturated rings. The van der Waals surface area contributed by atoms with Gasteiger partial charge in [0.2, 0.25) is 5.91 Å². The van der Waals surface area contributed by atoms with E-state index in [1.54, 1.807) is 18.2 Å². The predicted octanol–water partition coefficient (Wildman–Crippen LogP) is 2.89. The van der Waals surface area contributed by atoms with E-state index < -0.39 is 11.7 Å². The third-order valence-electron chi connectivity index (χ3n) is 5.31. The van der Waals surface area contributed by atoms with Gasteiger partial charge in [-0.25, -0.2) is 14.8 Å². The number of carbonyl (C=O) groups is 1. The van der Waals surface area contributed by atoms with Crippen molar-refractivity contribution in [2.75, 3.05) is 5.01 Å². The fourth-order valence-corrected chi connectivity index (χ4v) is 3.62. The van der Waals surface area contributed by atoms with Crippen molar-refractivity contribution in [2.45, 2.75) is 37.8 Å². The standard InChI is InChI=1S/C21H23FN6O2/c22-20-15(14-7-8-30-12-14)10-25-11-18(20)28(27-17-4-2-1-3-16(17)23)19-6-5-13(9-26-19)21(24)29/h5-12,16-17,27H,1-4,23H2,(H2,24,29). The molecule has 0 aliphatic heterocycles. The number of nitrogens with one attached hydrogen (secondary N) is 1. The highest BCUT2D eigenvalue weighted by Gasteiger charge is 2.27. The summed E-state index contributed by atoms with van der Waals surface area (Å²) in [6.07, 6.45) is 11.0. The Bertz CT molecular complexity index is 1010. The number of anilines is 2. The molecular formula is C21H23FN6O2. The van der Waals surface area contributed by atoms with Crippen molar-refractivity contribution in [2.24, 2.45) is 11.5 Å². The number of hydrogen-bond acceptors (Lipinski definition) is 7. The number of hydrogen-bond donors (Lipinski definition) is 3. The van der Waals surface area contributed by atoms with Gasteiger partial charge in [0.1, 0.15) is 11.5 Å². The highest BCUT2D eigenvalue weighted by molar-refractivity contribution is 5.92. The first-order valence-electron chi connectivity index (χ1n) is 9.78. The lowest BCUT2D eigenvalue weighted by molar-refractivity contribution is 0.1000. The smallest absolute Gasteiger partial charge is 0.250 e. The number of carbonyl (C=O) groups excluding carboxylic acids is 1. The third kappa shape index (κ3) is 4.03. The van der Waals surface area contributed by atoms with E-state index >= 15 is 4.39 Å². The number of furan rings is 1. The number of nitrogens with zero attached hydrogens (tertiary/aromatic N) is 3. The SMILES string of the molecule is NC(=O)c1ccc(N(NC2CCCCC2N)c2cncc(-c3ccoc3)c2F)nc1. The first kappa shape index (κ1) is 20.0. The van der Waals surface area contributed by atoms with Crippen LogP contribution in [0, 0.1) is 5.82 Å². The van der Waals surface area contributed by atoms with E-state index in [1.807, 2.05) is 0 Å². The average Bonchev–Trinajstić information content (AvgIpc) is 3.28. The molecule has 9 heteroatoms. The van der Waals surface area contributed by atoms with Crippen molar-refractivity contribution >= 4 is 17.4 Å². The molecule has 8 nitrogen and oxygen atoms in total. The Balaban J connectivity index is 1.75. The monoisotopic (exact) mass is 410 g/mol. The number of halogens is 1. The van der Waals surface area contributed by atoms with Crippen LogP contribution in [0.3, 0.4) is 0 Å². The van der Waals surface area contributed by atoms with Crippen LogP contribution >= 0.6 is 0 Å². The van der Waals surface area contributed by atoms with Gasteiger partial charge in [-0.15, -0.1) is 0 Å². The molecule has 156 valence electrons. The van der Waals surface area contributed by atoms with E-state index in [9.17, 15) is 4.79 Å². The molecule has 4 rings (SSSR count). The summed E-state index contributed by atoms with van der Waals surface area (Å²) in [5.41, 5.74) is 16.3. The lowest BCUT2D eigenvalue weighted by Crippen LogP contribution is -2.53. The Kier molecular flexibility index (Phi) is 5.73. The minimum Gasteiger partial charge on any atom is -0.472 e. The molecule has 3 aromatic rings. The Hall–Kier alpha value is -3.30. The van der Waals surface area contributed by atoms with Crippen molar-refractivity contribution in [3.8, 4) is 11.1 Å². The summed E-state index contributed by atoms with van der Waals surface area (Å²) in [6, 6.07) is 4.68. The number of pyridine rings is 2. The van der Waals surface area contributed by atoms with Crippen LogP contribution in [0.1, 0.15) is 36.0 Å². The number of nitrogens with two attached hydrogens (primary N) is 2. The van der Waals surface area contributed by atoms with Crippen LogP contribution < -0.4 is 21.9 Å². The quantitative estimate of drug-likeness (QED) is 0.534. The maximum atomic E-state index is 15.5. The summed E-state index contributed by atoms with van der Waals surface area (Å²) < 4.78 is 20.6. The predicted molar refractivity (Wildman–Crippen MR) is 110 cm³/mol. The number of hydrazine groups is 1. The van der Waals surface area contributed by atoms with E-state index in [-0.39, 0.29) is 23.3 Å². The molecule has 0 spiro atoms. The zero-order valence-electron chi connectivity index (χ0n) is 16.3. The van der Waals surface area contributed by atoms with Crippen LogP contribution in [0.5, 0.6) is 0 Å².